The summed E-state index contributed by atoms with van der Waals surface area (Å²) in [6.07, 6.45) is 0.601. The lowest BCUT2D eigenvalue weighted by atomic mass is 10.1. The number of aliphatic hydroxyl groups is 2. The Labute approximate surface area is 69.6 Å². The van der Waals surface area contributed by atoms with E-state index >= 15 is 0 Å². The van der Waals surface area contributed by atoms with Gasteiger partial charge in [0.05, 0.1) is 18.8 Å². The number of aliphatic hydroxyl groups excluding tert-OH is 2. The van der Waals surface area contributed by atoms with Gasteiger partial charge in [-0.05, 0) is 0 Å². The fourth-order valence-corrected chi connectivity index (χ4v) is 0.820. The molecule has 1 heterocycles. The van der Waals surface area contributed by atoms with Gasteiger partial charge in [-0.2, -0.15) is 0 Å². The topological polar surface area (TPSA) is 97.2 Å². The van der Waals surface area contributed by atoms with Crippen LogP contribution in [0, 0.1) is 0 Å². The van der Waals surface area contributed by atoms with Crippen molar-refractivity contribution in [2.75, 3.05) is 6.61 Å². The normalized spacial score (nSPS) is 16.0. The van der Waals surface area contributed by atoms with Gasteiger partial charge in [-0.15, -0.1) is 5.10 Å². The van der Waals surface area contributed by atoms with E-state index in [1.54, 1.807) is 13.2 Å². The van der Waals surface area contributed by atoms with Crippen molar-refractivity contribution in [1.82, 2.24) is 15.0 Å². The Kier molecular flexibility index (Phi) is 2.74. The minimum Gasteiger partial charge on any atom is -0.395 e. The molecule has 1 rings (SSSR count). The van der Waals surface area contributed by atoms with Gasteiger partial charge in [0.2, 0.25) is 0 Å². The quantitative estimate of drug-likeness (QED) is 0.498. The predicted octanol–water partition coefficient (Wildman–Crippen LogP) is -1.83. The fraction of sp³-hybridized carbons (Fsp3) is 0.667. The van der Waals surface area contributed by atoms with Gasteiger partial charge in [0.25, 0.3) is 0 Å². The van der Waals surface area contributed by atoms with Crippen molar-refractivity contribution >= 4 is 0 Å². The van der Waals surface area contributed by atoms with Gasteiger partial charge in [-0.3, -0.25) is 4.68 Å². The lowest BCUT2D eigenvalue weighted by Gasteiger charge is -2.12. The van der Waals surface area contributed by atoms with Crippen LogP contribution in [0.15, 0.2) is 6.20 Å². The zero-order chi connectivity index (χ0) is 9.14. The second kappa shape index (κ2) is 3.61. The molecule has 4 N–H and O–H groups in total. The van der Waals surface area contributed by atoms with Crippen LogP contribution in [0.2, 0.25) is 0 Å². The first-order valence-corrected chi connectivity index (χ1v) is 3.56. The number of nitrogens with two attached hydrogens (primary N) is 1. The van der Waals surface area contributed by atoms with Gasteiger partial charge in [-0.25, -0.2) is 0 Å². The molecule has 0 radical (unpaired) electrons. The third-order valence-electron chi connectivity index (χ3n) is 1.54. The van der Waals surface area contributed by atoms with E-state index in [0.29, 0.717) is 5.69 Å². The fourth-order valence-electron chi connectivity index (χ4n) is 0.820. The average molecular weight is 172 g/mol. The Bertz CT molecular complexity index is 249. The summed E-state index contributed by atoms with van der Waals surface area (Å²) in [7, 11) is 1.69. The highest BCUT2D eigenvalue weighted by atomic mass is 16.3. The molecule has 2 atom stereocenters. The molecule has 1 aromatic rings. The van der Waals surface area contributed by atoms with E-state index in [2.05, 4.69) is 10.3 Å². The largest absolute Gasteiger partial charge is 0.395 e. The van der Waals surface area contributed by atoms with Crippen LogP contribution in [0.4, 0.5) is 0 Å². The van der Waals surface area contributed by atoms with Crippen LogP contribution in [0.25, 0.3) is 0 Å². The molecule has 0 bridgehead atoms. The predicted molar refractivity (Wildman–Crippen MR) is 41.0 cm³/mol. The van der Waals surface area contributed by atoms with Gasteiger partial charge < -0.3 is 15.9 Å². The molecule has 0 fully saturated rings. The van der Waals surface area contributed by atoms with E-state index in [-0.39, 0.29) is 6.61 Å². The van der Waals surface area contributed by atoms with Crippen molar-refractivity contribution in [2.24, 2.45) is 12.8 Å². The van der Waals surface area contributed by atoms with E-state index in [4.69, 9.17) is 10.8 Å². The van der Waals surface area contributed by atoms with Crippen molar-refractivity contribution in [3.8, 4) is 0 Å². The summed E-state index contributed by atoms with van der Waals surface area (Å²) in [6, 6.07) is -0.707. The molecule has 6 heteroatoms. The van der Waals surface area contributed by atoms with Gasteiger partial charge in [0.1, 0.15) is 11.8 Å². The van der Waals surface area contributed by atoms with E-state index in [9.17, 15) is 5.11 Å². The number of aromatic nitrogens is 3. The maximum Gasteiger partial charge on any atom is 0.117 e. The molecule has 2 unspecified atom stereocenters. The minimum absolute atomic E-state index is 0.280. The molecule has 68 valence electrons. The van der Waals surface area contributed by atoms with Gasteiger partial charge >= 0.3 is 0 Å². The lowest BCUT2D eigenvalue weighted by molar-refractivity contribution is 0.106. The van der Waals surface area contributed by atoms with Crippen LogP contribution in [0.1, 0.15) is 11.8 Å². The highest BCUT2D eigenvalue weighted by Gasteiger charge is 2.18. The highest BCUT2D eigenvalue weighted by molar-refractivity contribution is 5.00. The molecule has 0 aliphatic carbocycles. The number of hydrogen-bond acceptors (Lipinski definition) is 5. The van der Waals surface area contributed by atoms with Crippen LogP contribution in [0.3, 0.4) is 0 Å². The Morgan fingerprint density at radius 3 is 2.83 bits per heavy atom. The Hall–Kier alpha value is -0.980. The van der Waals surface area contributed by atoms with E-state index < -0.39 is 12.1 Å². The first-order valence-electron chi connectivity index (χ1n) is 3.56. The molecular weight excluding hydrogens is 160 g/mol. The third-order valence-corrected chi connectivity index (χ3v) is 1.54. The molecule has 0 aromatic carbocycles. The summed E-state index contributed by atoms with van der Waals surface area (Å²) in [5, 5.41) is 25.3. The molecule has 0 saturated carbocycles. The van der Waals surface area contributed by atoms with Gasteiger partial charge in [0.15, 0.2) is 0 Å². The Balaban J connectivity index is 2.70. The molecule has 0 amide bonds. The smallest absolute Gasteiger partial charge is 0.117 e. The van der Waals surface area contributed by atoms with Crippen LogP contribution in [0.5, 0.6) is 0 Å². The molecule has 0 spiro atoms. The standard InChI is InChI=1S/C6H12N4O2/c1-10-2-5(8-9-10)6(12)4(7)3-11/h2,4,6,11-12H,3,7H2,1H3. The molecule has 6 nitrogen and oxygen atoms in total. The van der Waals surface area contributed by atoms with Crippen LogP contribution in [-0.2, 0) is 7.05 Å². The maximum absolute atomic E-state index is 9.40. The van der Waals surface area contributed by atoms with Crippen molar-refractivity contribution in [2.45, 2.75) is 12.1 Å². The van der Waals surface area contributed by atoms with E-state index in [1.807, 2.05) is 0 Å². The number of nitrogens with zero attached hydrogens (tertiary/aromatic N) is 3. The summed E-state index contributed by atoms with van der Waals surface area (Å²) < 4.78 is 1.46. The van der Waals surface area contributed by atoms with Crippen molar-refractivity contribution < 1.29 is 10.2 Å². The number of rotatable bonds is 3. The SMILES string of the molecule is Cn1cc(C(O)C(N)CO)nn1. The zero-order valence-corrected chi connectivity index (χ0v) is 6.75. The van der Waals surface area contributed by atoms with Crippen molar-refractivity contribution in [3.05, 3.63) is 11.9 Å². The molecule has 12 heavy (non-hydrogen) atoms. The maximum atomic E-state index is 9.40. The molecule has 0 aliphatic heterocycles. The second-order valence-electron chi connectivity index (χ2n) is 2.61. The lowest BCUT2D eigenvalue weighted by Crippen LogP contribution is -2.32. The highest BCUT2D eigenvalue weighted by Crippen LogP contribution is 2.10. The van der Waals surface area contributed by atoms with Gasteiger partial charge in [0, 0.05) is 7.05 Å². The van der Waals surface area contributed by atoms with Crippen LogP contribution in [-0.4, -0.2) is 37.9 Å². The summed E-state index contributed by atoms with van der Waals surface area (Å²) in [5.74, 6) is 0. The van der Waals surface area contributed by atoms with Crippen LogP contribution < -0.4 is 5.73 Å². The minimum atomic E-state index is -0.955. The Morgan fingerprint density at radius 1 is 1.75 bits per heavy atom. The first kappa shape index (κ1) is 9.11. The summed E-state index contributed by atoms with van der Waals surface area (Å²) in [4.78, 5) is 0. The summed E-state index contributed by atoms with van der Waals surface area (Å²) >= 11 is 0. The molecule has 0 saturated heterocycles. The van der Waals surface area contributed by atoms with Crippen LogP contribution >= 0.6 is 0 Å². The second-order valence-corrected chi connectivity index (χ2v) is 2.61. The van der Waals surface area contributed by atoms with Crippen molar-refractivity contribution in [3.63, 3.8) is 0 Å². The first-order chi connectivity index (χ1) is 5.65. The number of aryl methyl sites for hydroxylation is 1. The monoisotopic (exact) mass is 172 g/mol. The number of hydrogen-bond donors (Lipinski definition) is 3. The molecule has 1 aromatic heterocycles. The van der Waals surface area contributed by atoms with E-state index in [0.717, 1.165) is 0 Å². The van der Waals surface area contributed by atoms with Gasteiger partial charge in [-0.1, -0.05) is 5.21 Å². The van der Waals surface area contributed by atoms with E-state index in [1.165, 1.54) is 4.68 Å². The summed E-state index contributed by atoms with van der Waals surface area (Å²) in [6.45, 7) is -0.280. The summed E-state index contributed by atoms with van der Waals surface area (Å²) in [5.41, 5.74) is 5.75. The van der Waals surface area contributed by atoms with Crippen molar-refractivity contribution in [1.29, 1.82) is 0 Å². The average Bonchev–Trinajstić information content (AvgIpc) is 2.49. The molecule has 0 aliphatic rings. The molecular formula is C6H12N4O2. The Morgan fingerprint density at radius 2 is 2.42 bits per heavy atom. The third kappa shape index (κ3) is 1.79. The zero-order valence-electron chi connectivity index (χ0n) is 6.75.